The molecule has 0 fully saturated rings. The maximum atomic E-state index is 12.8. The lowest BCUT2D eigenvalue weighted by molar-refractivity contribution is -0.137. The van der Waals surface area contributed by atoms with Crippen LogP contribution in [0.4, 0.5) is 13.2 Å². The molecule has 2 aromatic rings. The van der Waals surface area contributed by atoms with Gasteiger partial charge in [-0.15, -0.1) is 0 Å². The second-order valence-corrected chi connectivity index (χ2v) is 4.85. The molecule has 2 N–H and O–H groups in total. The zero-order valence-corrected chi connectivity index (χ0v) is 11.0. The van der Waals surface area contributed by atoms with E-state index in [1.54, 1.807) is 0 Å². The summed E-state index contributed by atoms with van der Waals surface area (Å²) < 4.78 is 40.3. The van der Waals surface area contributed by atoms with Crippen LogP contribution in [0.25, 0.3) is 10.9 Å². The number of aryl methyl sites for hydroxylation is 1. The molecule has 5 heteroatoms. The maximum absolute atomic E-state index is 12.8. The molecular formula is C14H17F3N2. The number of fused-ring (bicyclic) bond motifs is 1. The molecule has 2 nitrogen and oxygen atoms in total. The molecule has 0 aliphatic rings. The number of benzene rings is 1. The number of nitrogens with two attached hydrogens (primary N) is 1. The Kier molecular flexibility index (Phi) is 3.58. The van der Waals surface area contributed by atoms with Gasteiger partial charge in [-0.05, 0) is 44.0 Å². The van der Waals surface area contributed by atoms with E-state index in [9.17, 15) is 13.2 Å². The van der Waals surface area contributed by atoms with Crippen LogP contribution in [0.5, 0.6) is 0 Å². The Hall–Kier alpha value is -1.49. The monoisotopic (exact) mass is 270 g/mol. The zero-order valence-electron chi connectivity index (χ0n) is 11.0. The molecule has 0 radical (unpaired) electrons. The first kappa shape index (κ1) is 13.9. The third-order valence-corrected chi connectivity index (χ3v) is 3.17. The maximum Gasteiger partial charge on any atom is 0.416 e. The number of hydrogen-bond acceptors (Lipinski definition) is 1. The van der Waals surface area contributed by atoms with Gasteiger partial charge in [0.05, 0.1) is 5.56 Å². The highest BCUT2D eigenvalue weighted by molar-refractivity contribution is 5.85. The van der Waals surface area contributed by atoms with Gasteiger partial charge in [0, 0.05) is 29.7 Å². The lowest BCUT2D eigenvalue weighted by Crippen LogP contribution is -2.17. The number of nitrogens with zero attached hydrogens (tertiary/aromatic N) is 1. The fraction of sp³-hybridized carbons (Fsp3) is 0.429. The van der Waals surface area contributed by atoms with Crippen LogP contribution in [-0.4, -0.2) is 10.6 Å². The number of hydrogen-bond donors (Lipinski definition) is 1. The summed E-state index contributed by atoms with van der Waals surface area (Å²) in [6.45, 7) is 4.54. The summed E-state index contributed by atoms with van der Waals surface area (Å²) in [5, 5.41) is 0.647. The Bertz CT molecular complexity index is 582. The molecule has 1 unspecified atom stereocenters. The molecular weight excluding hydrogens is 253 g/mol. The van der Waals surface area contributed by atoms with Crippen molar-refractivity contribution < 1.29 is 13.2 Å². The van der Waals surface area contributed by atoms with Crippen molar-refractivity contribution in [2.45, 2.75) is 39.0 Å². The summed E-state index contributed by atoms with van der Waals surface area (Å²) in [6.07, 6.45) is -1.84. The quantitative estimate of drug-likeness (QED) is 0.908. The van der Waals surface area contributed by atoms with Gasteiger partial charge in [0.25, 0.3) is 0 Å². The molecule has 2 rings (SSSR count). The van der Waals surface area contributed by atoms with E-state index in [0.29, 0.717) is 11.8 Å². The third-order valence-electron chi connectivity index (χ3n) is 3.17. The van der Waals surface area contributed by atoms with E-state index < -0.39 is 11.7 Å². The van der Waals surface area contributed by atoms with E-state index in [2.05, 4.69) is 0 Å². The van der Waals surface area contributed by atoms with Crippen LogP contribution in [0.3, 0.4) is 0 Å². The van der Waals surface area contributed by atoms with Crippen molar-refractivity contribution in [3.63, 3.8) is 0 Å². The van der Waals surface area contributed by atoms with Crippen molar-refractivity contribution in [3.05, 3.63) is 35.5 Å². The first-order valence-corrected chi connectivity index (χ1v) is 6.27. The number of halogens is 3. The number of aromatic nitrogens is 1. The molecule has 0 aliphatic heterocycles. The standard InChI is InChI=1S/C14H17F3N2/c1-3-19-8-10(6-9(2)18)12-7-11(14(15,16)17)4-5-13(12)19/h4-5,7-9H,3,6,18H2,1-2H3. The van der Waals surface area contributed by atoms with E-state index >= 15 is 0 Å². The van der Waals surface area contributed by atoms with Crippen LogP contribution in [0.15, 0.2) is 24.4 Å². The minimum atomic E-state index is -4.31. The second-order valence-electron chi connectivity index (χ2n) is 4.85. The van der Waals surface area contributed by atoms with Crippen LogP contribution in [0.1, 0.15) is 25.0 Å². The number of alkyl halides is 3. The molecule has 19 heavy (non-hydrogen) atoms. The highest BCUT2D eigenvalue weighted by Gasteiger charge is 2.31. The predicted octanol–water partition coefficient (Wildman–Crippen LogP) is 3.57. The summed E-state index contributed by atoms with van der Waals surface area (Å²) in [6, 6.07) is 3.81. The molecule has 0 bridgehead atoms. The third kappa shape index (κ3) is 2.76. The molecule has 0 amide bonds. The Morgan fingerprint density at radius 2 is 2.00 bits per heavy atom. The summed E-state index contributed by atoms with van der Waals surface area (Å²) in [5.74, 6) is 0. The van der Waals surface area contributed by atoms with Crippen molar-refractivity contribution in [2.24, 2.45) is 5.73 Å². The van der Waals surface area contributed by atoms with Crippen LogP contribution >= 0.6 is 0 Å². The van der Waals surface area contributed by atoms with Gasteiger partial charge in [-0.25, -0.2) is 0 Å². The van der Waals surface area contributed by atoms with E-state index in [4.69, 9.17) is 5.73 Å². The van der Waals surface area contributed by atoms with Crippen molar-refractivity contribution in [1.82, 2.24) is 4.57 Å². The Morgan fingerprint density at radius 3 is 2.53 bits per heavy atom. The molecule has 1 aromatic carbocycles. The molecule has 1 atom stereocenters. The van der Waals surface area contributed by atoms with Gasteiger partial charge in [0.1, 0.15) is 0 Å². The normalized spacial score (nSPS) is 14.0. The average Bonchev–Trinajstić information content (AvgIpc) is 2.65. The predicted molar refractivity (Wildman–Crippen MR) is 70.0 cm³/mol. The minimum absolute atomic E-state index is 0.0783. The molecule has 0 saturated carbocycles. The summed E-state index contributed by atoms with van der Waals surface area (Å²) in [5.41, 5.74) is 6.85. The van der Waals surface area contributed by atoms with Gasteiger partial charge >= 0.3 is 6.18 Å². The Morgan fingerprint density at radius 1 is 1.32 bits per heavy atom. The van der Waals surface area contributed by atoms with Crippen molar-refractivity contribution in [2.75, 3.05) is 0 Å². The van der Waals surface area contributed by atoms with E-state index in [0.717, 1.165) is 23.7 Å². The van der Waals surface area contributed by atoms with Gasteiger partial charge in [0.15, 0.2) is 0 Å². The van der Waals surface area contributed by atoms with Gasteiger partial charge in [-0.3, -0.25) is 0 Å². The van der Waals surface area contributed by atoms with Gasteiger partial charge in [0.2, 0.25) is 0 Å². The number of rotatable bonds is 3. The van der Waals surface area contributed by atoms with E-state index in [1.165, 1.54) is 12.1 Å². The Labute approximate surface area is 110 Å². The highest BCUT2D eigenvalue weighted by Crippen LogP contribution is 2.33. The van der Waals surface area contributed by atoms with Crippen LogP contribution in [0, 0.1) is 0 Å². The molecule has 1 heterocycles. The average molecular weight is 270 g/mol. The van der Waals surface area contributed by atoms with Crippen LogP contribution in [0.2, 0.25) is 0 Å². The Balaban J connectivity index is 2.61. The van der Waals surface area contributed by atoms with Crippen molar-refractivity contribution >= 4 is 10.9 Å². The molecule has 0 saturated heterocycles. The molecule has 104 valence electrons. The van der Waals surface area contributed by atoms with Gasteiger partial charge in [-0.1, -0.05) is 0 Å². The fourth-order valence-corrected chi connectivity index (χ4v) is 2.32. The highest BCUT2D eigenvalue weighted by atomic mass is 19.4. The minimum Gasteiger partial charge on any atom is -0.347 e. The SMILES string of the molecule is CCn1cc(CC(C)N)c2cc(C(F)(F)F)ccc21. The van der Waals surface area contributed by atoms with E-state index in [1.807, 2.05) is 24.6 Å². The molecule has 0 spiro atoms. The fourth-order valence-electron chi connectivity index (χ4n) is 2.32. The summed E-state index contributed by atoms with van der Waals surface area (Å²) in [7, 11) is 0. The van der Waals surface area contributed by atoms with Crippen LogP contribution < -0.4 is 5.73 Å². The summed E-state index contributed by atoms with van der Waals surface area (Å²) in [4.78, 5) is 0. The van der Waals surface area contributed by atoms with Gasteiger partial charge in [-0.2, -0.15) is 13.2 Å². The van der Waals surface area contributed by atoms with E-state index in [-0.39, 0.29) is 6.04 Å². The summed E-state index contributed by atoms with van der Waals surface area (Å²) >= 11 is 0. The topological polar surface area (TPSA) is 30.9 Å². The molecule has 0 aliphatic carbocycles. The van der Waals surface area contributed by atoms with Crippen molar-refractivity contribution in [3.8, 4) is 0 Å². The largest absolute Gasteiger partial charge is 0.416 e. The van der Waals surface area contributed by atoms with Gasteiger partial charge < -0.3 is 10.3 Å². The molecule has 1 aromatic heterocycles. The lowest BCUT2D eigenvalue weighted by atomic mass is 10.0. The zero-order chi connectivity index (χ0) is 14.2. The first-order valence-electron chi connectivity index (χ1n) is 6.27. The lowest BCUT2D eigenvalue weighted by Gasteiger charge is -2.08. The van der Waals surface area contributed by atoms with Crippen molar-refractivity contribution in [1.29, 1.82) is 0 Å². The van der Waals surface area contributed by atoms with Crippen LogP contribution in [-0.2, 0) is 19.1 Å². The smallest absolute Gasteiger partial charge is 0.347 e. The first-order chi connectivity index (χ1) is 8.82. The second kappa shape index (κ2) is 4.89.